The lowest BCUT2D eigenvalue weighted by Gasteiger charge is -2.31. The summed E-state index contributed by atoms with van der Waals surface area (Å²) in [5.74, 6) is 0.876. The van der Waals surface area contributed by atoms with Crippen molar-refractivity contribution in [3.63, 3.8) is 0 Å². The highest BCUT2D eigenvalue weighted by molar-refractivity contribution is 5.01. The van der Waals surface area contributed by atoms with E-state index >= 15 is 0 Å². The predicted octanol–water partition coefficient (Wildman–Crippen LogP) is 1.22. The monoisotopic (exact) mass is 180 g/mol. The highest BCUT2D eigenvalue weighted by Gasteiger charge is 2.45. The molecule has 1 N–H and O–H groups in total. The smallest absolute Gasteiger partial charge is 0.0264 e. The highest BCUT2D eigenvalue weighted by Crippen LogP contribution is 2.40. The van der Waals surface area contributed by atoms with Crippen LogP contribution in [0.3, 0.4) is 0 Å². The van der Waals surface area contributed by atoms with E-state index in [0.29, 0.717) is 0 Å². The molecule has 0 saturated carbocycles. The highest BCUT2D eigenvalue weighted by atomic mass is 15.3. The number of hydrogen-bond donors (Lipinski definition) is 1. The molecule has 3 aliphatic rings. The van der Waals surface area contributed by atoms with Gasteiger partial charge in [0.05, 0.1) is 0 Å². The average molecular weight is 180 g/mol. The molecule has 0 aliphatic carbocycles. The molecule has 2 nitrogen and oxygen atoms in total. The normalized spacial score (nSPS) is 50.5. The Balaban J connectivity index is 1.77. The minimum Gasteiger partial charge on any atom is -0.315 e. The molecule has 0 aromatic carbocycles. The van der Waals surface area contributed by atoms with Crippen LogP contribution in [0.4, 0.5) is 0 Å². The zero-order valence-electron chi connectivity index (χ0n) is 8.50. The number of fused-ring (bicyclic) bond motifs is 2. The van der Waals surface area contributed by atoms with Crippen LogP contribution in [0.2, 0.25) is 0 Å². The van der Waals surface area contributed by atoms with E-state index in [-0.39, 0.29) is 0 Å². The molecule has 2 heteroatoms. The van der Waals surface area contributed by atoms with Crippen molar-refractivity contribution in [3.05, 3.63) is 0 Å². The van der Waals surface area contributed by atoms with E-state index < -0.39 is 0 Å². The third kappa shape index (κ3) is 1.15. The van der Waals surface area contributed by atoms with Crippen LogP contribution >= 0.6 is 0 Å². The van der Waals surface area contributed by atoms with Crippen molar-refractivity contribution in [2.75, 3.05) is 13.1 Å². The molecule has 2 unspecified atom stereocenters. The standard InChI is InChI=1S/C11H20N2/c1-8-6-12-7-11(8)13-9-2-3-10(13)5-4-9/h8-12H,2-7H2,1H3. The predicted molar refractivity (Wildman–Crippen MR) is 53.7 cm³/mol. The van der Waals surface area contributed by atoms with Gasteiger partial charge < -0.3 is 5.32 Å². The molecule has 3 rings (SSSR count). The van der Waals surface area contributed by atoms with Crippen molar-refractivity contribution in [2.45, 2.75) is 50.7 Å². The van der Waals surface area contributed by atoms with Crippen LogP contribution in [0.15, 0.2) is 0 Å². The van der Waals surface area contributed by atoms with Gasteiger partial charge in [-0.05, 0) is 38.1 Å². The van der Waals surface area contributed by atoms with E-state index in [1.54, 1.807) is 0 Å². The molecule has 74 valence electrons. The Morgan fingerprint density at radius 3 is 2.08 bits per heavy atom. The Bertz CT molecular complexity index is 184. The molecule has 0 aromatic heterocycles. The molecule has 0 radical (unpaired) electrons. The number of rotatable bonds is 1. The van der Waals surface area contributed by atoms with Crippen molar-refractivity contribution in [1.29, 1.82) is 0 Å². The number of nitrogens with zero attached hydrogens (tertiary/aromatic N) is 1. The lowest BCUT2D eigenvalue weighted by atomic mass is 10.0. The number of nitrogens with one attached hydrogen (secondary N) is 1. The first-order chi connectivity index (χ1) is 6.36. The van der Waals surface area contributed by atoms with Gasteiger partial charge in [-0.3, -0.25) is 4.90 Å². The Hall–Kier alpha value is -0.0800. The van der Waals surface area contributed by atoms with Crippen LogP contribution in [0.1, 0.15) is 32.6 Å². The van der Waals surface area contributed by atoms with Gasteiger partial charge >= 0.3 is 0 Å². The zero-order valence-corrected chi connectivity index (χ0v) is 8.50. The lowest BCUT2D eigenvalue weighted by molar-refractivity contribution is 0.158. The first-order valence-corrected chi connectivity index (χ1v) is 5.84. The Labute approximate surface area is 80.7 Å². The fourth-order valence-electron chi connectivity index (χ4n) is 3.69. The molecule has 0 aromatic rings. The fraction of sp³-hybridized carbons (Fsp3) is 1.00. The maximum atomic E-state index is 3.53. The third-order valence-corrected chi connectivity index (χ3v) is 4.37. The second-order valence-corrected chi connectivity index (χ2v) is 5.11. The molecule has 2 atom stereocenters. The molecule has 0 amide bonds. The van der Waals surface area contributed by atoms with Gasteiger partial charge in [0.2, 0.25) is 0 Å². The van der Waals surface area contributed by atoms with Crippen LogP contribution in [0.25, 0.3) is 0 Å². The van der Waals surface area contributed by atoms with E-state index in [4.69, 9.17) is 0 Å². The summed E-state index contributed by atoms with van der Waals surface area (Å²) in [5.41, 5.74) is 0. The summed E-state index contributed by atoms with van der Waals surface area (Å²) in [6.45, 7) is 4.89. The van der Waals surface area contributed by atoms with Gasteiger partial charge in [-0.25, -0.2) is 0 Å². The second kappa shape index (κ2) is 2.96. The SMILES string of the molecule is CC1CNCC1N1C2CCC1CC2. The van der Waals surface area contributed by atoms with E-state index in [9.17, 15) is 0 Å². The summed E-state index contributed by atoms with van der Waals surface area (Å²) in [7, 11) is 0. The molecule has 3 heterocycles. The minimum atomic E-state index is 0.861. The van der Waals surface area contributed by atoms with Crippen LogP contribution in [-0.2, 0) is 0 Å². The molecule has 3 fully saturated rings. The van der Waals surface area contributed by atoms with Crippen molar-refractivity contribution in [1.82, 2.24) is 10.2 Å². The van der Waals surface area contributed by atoms with Gasteiger partial charge in [0, 0.05) is 24.7 Å². The number of hydrogen-bond acceptors (Lipinski definition) is 2. The van der Waals surface area contributed by atoms with Gasteiger partial charge in [0.15, 0.2) is 0 Å². The quantitative estimate of drug-likeness (QED) is 0.653. The van der Waals surface area contributed by atoms with E-state index in [2.05, 4.69) is 17.1 Å². The Kier molecular flexibility index (Phi) is 1.88. The maximum absolute atomic E-state index is 3.53. The third-order valence-electron chi connectivity index (χ3n) is 4.37. The summed E-state index contributed by atoms with van der Waals surface area (Å²) >= 11 is 0. The van der Waals surface area contributed by atoms with Crippen LogP contribution in [0.5, 0.6) is 0 Å². The molecule has 3 saturated heterocycles. The molecule has 13 heavy (non-hydrogen) atoms. The van der Waals surface area contributed by atoms with Crippen LogP contribution in [0, 0.1) is 5.92 Å². The largest absolute Gasteiger partial charge is 0.315 e. The molecule has 2 bridgehead atoms. The fourth-order valence-corrected chi connectivity index (χ4v) is 3.69. The summed E-state index contributed by atoms with van der Waals surface area (Å²) < 4.78 is 0. The van der Waals surface area contributed by atoms with E-state index in [1.165, 1.54) is 38.8 Å². The Morgan fingerprint density at radius 1 is 1.00 bits per heavy atom. The van der Waals surface area contributed by atoms with Gasteiger partial charge in [0.1, 0.15) is 0 Å². The summed E-state index contributed by atoms with van der Waals surface area (Å²) in [6.07, 6.45) is 5.92. The molecule has 0 spiro atoms. The maximum Gasteiger partial charge on any atom is 0.0264 e. The van der Waals surface area contributed by atoms with Gasteiger partial charge in [-0.15, -0.1) is 0 Å². The van der Waals surface area contributed by atoms with Gasteiger partial charge in [-0.2, -0.15) is 0 Å². The topological polar surface area (TPSA) is 15.3 Å². The molecular weight excluding hydrogens is 160 g/mol. The Morgan fingerprint density at radius 2 is 1.62 bits per heavy atom. The first-order valence-electron chi connectivity index (χ1n) is 5.84. The first kappa shape index (κ1) is 8.25. The minimum absolute atomic E-state index is 0.861. The van der Waals surface area contributed by atoms with Gasteiger partial charge in [0.25, 0.3) is 0 Å². The molecule has 3 aliphatic heterocycles. The van der Waals surface area contributed by atoms with Crippen molar-refractivity contribution in [2.24, 2.45) is 5.92 Å². The van der Waals surface area contributed by atoms with E-state index in [0.717, 1.165) is 24.0 Å². The van der Waals surface area contributed by atoms with Crippen molar-refractivity contribution < 1.29 is 0 Å². The summed E-state index contributed by atoms with van der Waals surface area (Å²) in [4.78, 5) is 2.85. The second-order valence-electron chi connectivity index (χ2n) is 5.11. The van der Waals surface area contributed by atoms with Crippen molar-refractivity contribution >= 4 is 0 Å². The van der Waals surface area contributed by atoms with Crippen LogP contribution < -0.4 is 5.32 Å². The van der Waals surface area contributed by atoms with Gasteiger partial charge in [-0.1, -0.05) is 6.92 Å². The van der Waals surface area contributed by atoms with Crippen molar-refractivity contribution in [3.8, 4) is 0 Å². The van der Waals surface area contributed by atoms with E-state index in [1.807, 2.05) is 0 Å². The zero-order chi connectivity index (χ0) is 8.84. The summed E-state index contributed by atoms with van der Waals surface area (Å²) in [6, 6.07) is 2.77. The molecular formula is C11H20N2. The average Bonchev–Trinajstić information content (AvgIpc) is 2.78. The van der Waals surface area contributed by atoms with Crippen LogP contribution in [-0.4, -0.2) is 36.1 Å². The lowest BCUT2D eigenvalue weighted by Crippen LogP contribution is -2.43. The summed E-state index contributed by atoms with van der Waals surface area (Å²) in [5, 5.41) is 3.53.